The zero-order valence-electron chi connectivity index (χ0n) is 17.6. The highest BCUT2D eigenvalue weighted by atomic mass is 19.1. The van der Waals surface area contributed by atoms with Gasteiger partial charge < -0.3 is 14.8 Å². The Hall–Kier alpha value is -3.30. The van der Waals surface area contributed by atoms with E-state index in [1.165, 1.54) is 12.1 Å². The van der Waals surface area contributed by atoms with Crippen LogP contribution in [0.1, 0.15) is 45.9 Å². The normalized spacial score (nSPS) is 19.3. The zero-order valence-corrected chi connectivity index (χ0v) is 17.6. The van der Waals surface area contributed by atoms with Crippen molar-refractivity contribution in [2.24, 2.45) is 5.92 Å². The molecule has 1 fully saturated rings. The van der Waals surface area contributed by atoms with Crippen LogP contribution in [0.4, 0.5) is 4.39 Å². The van der Waals surface area contributed by atoms with Crippen LogP contribution >= 0.6 is 0 Å². The molecule has 1 aliphatic rings. The molecule has 2 N–H and O–H groups in total. The number of rotatable bonds is 5. The van der Waals surface area contributed by atoms with E-state index in [-0.39, 0.29) is 17.5 Å². The number of ether oxygens (including phenoxy) is 1. The number of aromatic amines is 1. The Kier molecular flexibility index (Phi) is 5.71. The Labute approximate surface area is 180 Å². The number of carboxylic acids is 1. The largest absolute Gasteiger partial charge is 0.496 e. The van der Waals surface area contributed by atoms with Crippen molar-refractivity contribution in [3.8, 4) is 18.1 Å². The highest BCUT2D eigenvalue weighted by Gasteiger charge is 2.31. The number of H-pyrrole nitrogens is 1. The number of terminal acetylenes is 1. The van der Waals surface area contributed by atoms with Gasteiger partial charge in [-0.1, -0.05) is 6.07 Å². The van der Waals surface area contributed by atoms with E-state index in [4.69, 9.17) is 16.3 Å². The predicted molar refractivity (Wildman–Crippen MR) is 118 cm³/mol. The standard InChI is InChI=1S/C25H25FN2O3/c1-4-16-8-10-28(22(12-16)17-5-6-19(25(29)30)21(26)13-17)14-20-18-7-9-27-24(18)15(2)11-23(20)31-3/h1,5-7,9,11,13,16,22,27H,8,10,12,14H2,2-3H3,(H,29,30)/t16-,22+/m1/s1. The molecule has 0 radical (unpaired) electrons. The third kappa shape index (κ3) is 3.89. The van der Waals surface area contributed by atoms with E-state index in [1.807, 2.05) is 25.3 Å². The van der Waals surface area contributed by atoms with Crippen molar-refractivity contribution in [2.45, 2.75) is 32.4 Å². The van der Waals surface area contributed by atoms with Gasteiger partial charge in [-0.25, -0.2) is 9.18 Å². The highest BCUT2D eigenvalue weighted by Crippen LogP contribution is 2.39. The number of benzene rings is 2. The summed E-state index contributed by atoms with van der Waals surface area (Å²) in [7, 11) is 1.67. The molecule has 0 unspecified atom stereocenters. The topological polar surface area (TPSA) is 65.6 Å². The first-order valence-corrected chi connectivity index (χ1v) is 10.3. The molecular weight excluding hydrogens is 395 g/mol. The Morgan fingerprint density at radius 2 is 2.19 bits per heavy atom. The fourth-order valence-electron chi connectivity index (χ4n) is 4.60. The van der Waals surface area contributed by atoms with Gasteiger partial charge in [0.25, 0.3) is 0 Å². The number of fused-ring (bicyclic) bond motifs is 1. The summed E-state index contributed by atoms with van der Waals surface area (Å²) in [5.41, 5.74) is 3.65. The number of hydrogen-bond donors (Lipinski definition) is 2. The molecule has 31 heavy (non-hydrogen) atoms. The molecular formula is C25H25FN2O3. The first-order chi connectivity index (χ1) is 14.9. The summed E-state index contributed by atoms with van der Waals surface area (Å²) in [4.78, 5) is 16.8. The molecule has 2 aromatic carbocycles. The number of methoxy groups -OCH3 is 1. The summed E-state index contributed by atoms with van der Waals surface area (Å²) in [5, 5.41) is 10.3. The number of piperidine rings is 1. The number of aromatic nitrogens is 1. The quantitative estimate of drug-likeness (QED) is 0.576. The van der Waals surface area contributed by atoms with Crippen LogP contribution in [0, 0.1) is 31.0 Å². The lowest BCUT2D eigenvalue weighted by Crippen LogP contribution is -2.36. The second-order valence-corrected chi connectivity index (χ2v) is 8.06. The van der Waals surface area contributed by atoms with Gasteiger partial charge in [-0.3, -0.25) is 4.90 Å². The van der Waals surface area contributed by atoms with Crippen LogP contribution in [-0.4, -0.2) is 34.6 Å². The van der Waals surface area contributed by atoms with Gasteiger partial charge in [0.05, 0.1) is 12.7 Å². The number of halogens is 1. The fraction of sp³-hybridized carbons (Fsp3) is 0.320. The zero-order chi connectivity index (χ0) is 22.1. The van der Waals surface area contributed by atoms with Crippen LogP contribution in [-0.2, 0) is 6.54 Å². The van der Waals surface area contributed by atoms with Gasteiger partial charge >= 0.3 is 5.97 Å². The minimum Gasteiger partial charge on any atom is -0.496 e. The van der Waals surface area contributed by atoms with E-state index >= 15 is 0 Å². The van der Waals surface area contributed by atoms with Crippen molar-refractivity contribution in [1.29, 1.82) is 0 Å². The van der Waals surface area contributed by atoms with Gasteiger partial charge in [-0.05, 0) is 55.2 Å². The summed E-state index contributed by atoms with van der Waals surface area (Å²) in [5.74, 6) is 1.75. The van der Waals surface area contributed by atoms with E-state index in [9.17, 15) is 9.18 Å². The summed E-state index contributed by atoms with van der Waals surface area (Å²) in [6.45, 7) is 3.41. The molecule has 0 amide bonds. The lowest BCUT2D eigenvalue weighted by Gasteiger charge is -2.39. The van der Waals surface area contributed by atoms with Gasteiger partial charge in [0.2, 0.25) is 0 Å². The smallest absolute Gasteiger partial charge is 0.338 e. The van der Waals surface area contributed by atoms with Crippen molar-refractivity contribution in [1.82, 2.24) is 9.88 Å². The third-order valence-corrected chi connectivity index (χ3v) is 6.25. The first-order valence-electron chi connectivity index (χ1n) is 10.3. The molecule has 0 aliphatic carbocycles. The molecule has 2 heterocycles. The second-order valence-electron chi connectivity index (χ2n) is 8.06. The molecule has 6 heteroatoms. The second kappa shape index (κ2) is 8.44. The minimum absolute atomic E-state index is 0.0932. The number of likely N-dealkylation sites (tertiary alicyclic amines) is 1. The molecule has 5 nitrogen and oxygen atoms in total. The number of hydrogen-bond acceptors (Lipinski definition) is 3. The Morgan fingerprint density at radius 3 is 2.87 bits per heavy atom. The summed E-state index contributed by atoms with van der Waals surface area (Å²) < 4.78 is 20.1. The average Bonchev–Trinajstić information content (AvgIpc) is 3.26. The Morgan fingerprint density at radius 1 is 1.39 bits per heavy atom. The van der Waals surface area contributed by atoms with Crippen LogP contribution < -0.4 is 4.74 Å². The van der Waals surface area contributed by atoms with Gasteiger partial charge in [-0.15, -0.1) is 12.3 Å². The molecule has 3 aromatic rings. The fourth-order valence-corrected chi connectivity index (χ4v) is 4.60. The van der Waals surface area contributed by atoms with Crippen LogP contribution in [0.5, 0.6) is 5.75 Å². The Bertz CT molecular complexity index is 1180. The molecule has 4 rings (SSSR count). The van der Waals surface area contributed by atoms with Crippen LogP contribution in [0.15, 0.2) is 36.5 Å². The molecule has 0 bridgehead atoms. The van der Waals surface area contributed by atoms with Gasteiger partial charge in [0.15, 0.2) is 0 Å². The number of aryl methyl sites for hydroxylation is 1. The third-order valence-electron chi connectivity index (χ3n) is 6.25. The molecule has 0 saturated carbocycles. The van der Waals surface area contributed by atoms with E-state index in [2.05, 4.69) is 15.8 Å². The summed E-state index contributed by atoms with van der Waals surface area (Å²) >= 11 is 0. The van der Waals surface area contributed by atoms with Crippen molar-refractivity contribution < 1.29 is 19.0 Å². The van der Waals surface area contributed by atoms with Crippen LogP contribution in [0.25, 0.3) is 10.9 Å². The molecule has 0 spiro atoms. The highest BCUT2D eigenvalue weighted by molar-refractivity contribution is 5.88. The average molecular weight is 420 g/mol. The van der Waals surface area contributed by atoms with E-state index in [0.29, 0.717) is 13.0 Å². The van der Waals surface area contributed by atoms with Gasteiger partial charge in [0, 0.05) is 47.7 Å². The number of carbonyl (C=O) groups is 1. The van der Waals surface area contributed by atoms with Crippen LogP contribution in [0.2, 0.25) is 0 Å². The molecule has 160 valence electrons. The lowest BCUT2D eigenvalue weighted by molar-refractivity contribution is 0.0691. The van der Waals surface area contributed by atoms with Crippen molar-refractivity contribution in [2.75, 3.05) is 13.7 Å². The molecule has 2 atom stereocenters. The van der Waals surface area contributed by atoms with Gasteiger partial charge in [-0.2, -0.15) is 0 Å². The van der Waals surface area contributed by atoms with Crippen LogP contribution in [0.3, 0.4) is 0 Å². The number of aromatic carboxylic acids is 1. The number of nitrogens with one attached hydrogen (secondary N) is 1. The molecule has 1 aliphatic heterocycles. The number of nitrogens with zero attached hydrogens (tertiary/aromatic N) is 1. The first kappa shape index (κ1) is 21.0. The van der Waals surface area contributed by atoms with E-state index < -0.39 is 11.8 Å². The summed E-state index contributed by atoms with van der Waals surface area (Å²) in [6.07, 6.45) is 9.17. The Balaban J connectivity index is 1.73. The monoisotopic (exact) mass is 420 g/mol. The van der Waals surface area contributed by atoms with E-state index in [1.54, 1.807) is 13.2 Å². The van der Waals surface area contributed by atoms with Gasteiger partial charge in [0.1, 0.15) is 11.6 Å². The SMILES string of the molecule is C#C[C@@H]1CCN(Cc2c(OC)cc(C)c3[nH]ccc23)[C@H](c2ccc(C(=O)O)c(F)c2)C1. The summed E-state index contributed by atoms with van der Waals surface area (Å²) in [6, 6.07) is 8.32. The maximum Gasteiger partial charge on any atom is 0.338 e. The predicted octanol–water partition coefficient (Wildman–Crippen LogP) is 4.91. The maximum absolute atomic E-state index is 14.5. The van der Waals surface area contributed by atoms with E-state index in [0.717, 1.165) is 46.3 Å². The van der Waals surface area contributed by atoms with Crippen molar-refractivity contribution in [3.63, 3.8) is 0 Å². The molecule has 1 aromatic heterocycles. The number of carboxylic acid groups (broad SMARTS) is 1. The molecule has 1 saturated heterocycles. The van der Waals surface area contributed by atoms with Crippen molar-refractivity contribution >= 4 is 16.9 Å². The minimum atomic E-state index is -1.27. The van der Waals surface area contributed by atoms with Crippen molar-refractivity contribution in [3.05, 3.63) is 64.6 Å². The maximum atomic E-state index is 14.5. The lowest BCUT2D eigenvalue weighted by atomic mass is 9.86.